The van der Waals surface area contributed by atoms with Crippen LogP contribution in [0.4, 0.5) is 11.4 Å². The van der Waals surface area contributed by atoms with E-state index in [1.165, 1.54) is 0 Å². The van der Waals surface area contributed by atoms with Gasteiger partial charge >= 0.3 is 0 Å². The van der Waals surface area contributed by atoms with Crippen molar-refractivity contribution in [1.29, 1.82) is 0 Å². The SMILES string of the molecule is CCCCC1(CCCC)CN(c2ccccc2)c2cc(C)c(C)cc2S(=O)(=O)C1. The molecule has 1 heterocycles. The van der Waals surface area contributed by atoms with Crippen LogP contribution in [0.5, 0.6) is 0 Å². The van der Waals surface area contributed by atoms with Crippen molar-refractivity contribution in [2.75, 3.05) is 17.2 Å². The number of benzene rings is 2. The summed E-state index contributed by atoms with van der Waals surface area (Å²) in [5.74, 6) is 0.249. The fourth-order valence-corrected chi connectivity index (χ4v) is 6.74. The van der Waals surface area contributed by atoms with Gasteiger partial charge in [-0.1, -0.05) is 57.7 Å². The standard InChI is InChI=1S/C25H35NO2S/c1-5-7-14-25(15-8-6-2)18-26(22-12-10-9-11-13-22)23-16-20(3)21(4)17-24(23)29(27,28)19-25/h9-13,16-17H,5-8,14-15,18-19H2,1-4H3. The third-order valence-electron chi connectivity index (χ3n) is 6.38. The molecule has 158 valence electrons. The molecule has 2 aromatic carbocycles. The molecule has 3 rings (SSSR count). The first-order chi connectivity index (χ1) is 13.8. The number of unbranched alkanes of at least 4 members (excludes halogenated alkanes) is 2. The fraction of sp³-hybridized carbons (Fsp3) is 0.520. The highest BCUT2D eigenvalue weighted by Gasteiger charge is 2.42. The lowest BCUT2D eigenvalue weighted by molar-refractivity contribution is 0.270. The molecule has 0 amide bonds. The van der Waals surface area contributed by atoms with Gasteiger partial charge in [-0.15, -0.1) is 0 Å². The Morgan fingerprint density at radius 1 is 0.931 bits per heavy atom. The van der Waals surface area contributed by atoms with Crippen LogP contribution in [0.15, 0.2) is 47.4 Å². The van der Waals surface area contributed by atoms with E-state index in [0.29, 0.717) is 4.90 Å². The summed E-state index contributed by atoms with van der Waals surface area (Å²) in [6, 6.07) is 14.3. The van der Waals surface area contributed by atoms with Crippen LogP contribution in [-0.4, -0.2) is 20.7 Å². The van der Waals surface area contributed by atoms with Crippen molar-refractivity contribution >= 4 is 21.2 Å². The Morgan fingerprint density at radius 2 is 1.52 bits per heavy atom. The van der Waals surface area contributed by atoms with Gasteiger partial charge in [0.05, 0.1) is 16.3 Å². The predicted molar refractivity (Wildman–Crippen MR) is 123 cm³/mol. The van der Waals surface area contributed by atoms with Crippen molar-refractivity contribution in [2.24, 2.45) is 5.41 Å². The van der Waals surface area contributed by atoms with Crippen molar-refractivity contribution in [1.82, 2.24) is 0 Å². The largest absolute Gasteiger partial charge is 0.340 e. The minimum Gasteiger partial charge on any atom is -0.340 e. The van der Waals surface area contributed by atoms with Crippen molar-refractivity contribution < 1.29 is 8.42 Å². The second-order valence-electron chi connectivity index (χ2n) is 8.79. The average Bonchev–Trinajstić information content (AvgIpc) is 2.79. The van der Waals surface area contributed by atoms with Crippen LogP contribution >= 0.6 is 0 Å². The maximum Gasteiger partial charge on any atom is 0.181 e. The number of aryl methyl sites for hydroxylation is 2. The Balaban J connectivity index is 2.22. The summed E-state index contributed by atoms with van der Waals surface area (Å²) in [7, 11) is -3.37. The van der Waals surface area contributed by atoms with Gasteiger partial charge in [-0.2, -0.15) is 0 Å². The number of hydrogen-bond acceptors (Lipinski definition) is 3. The summed E-state index contributed by atoms with van der Waals surface area (Å²) in [6.07, 6.45) is 6.22. The van der Waals surface area contributed by atoms with Gasteiger partial charge in [0, 0.05) is 17.6 Å². The van der Waals surface area contributed by atoms with E-state index in [1.54, 1.807) is 0 Å². The van der Waals surface area contributed by atoms with Gasteiger partial charge in [-0.3, -0.25) is 0 Å². The zero-order valence-electron chi connectivity index (χ0n) is 18.4. The molecular formula is C25H35NO2S. The maximum absolute atomic E-state index is 13.6. The molecule has 0 spiro atoms. The molecule has 3 nitrogen and oxygen atoms in total. The van der Waals surface area contributed by atoms with Crippen LogP contribution in [0.2, 0.25) is 0 Å². The molecule has 1 aliphatic heterocycles. The fourth-order valence-electron chi connectivity index (χ4n) is 4.55. The van der Waals surface area contributed by atoms with Crippen molar-refractivity contribution in [3.05, 3.63) is 53.6 Å². The highest BCUT2D eigenvalue weighted by Crippen LogP contribution is 2.45. The van der Waals surface area contributed by atoms with Crippen LogP contribution in [0.25, 0.3) is 0 Å². The van der Waals surface area contributed by atoms with Gasteiger partial charge in [0.25, 0.3) is 0 Å². The topological polar surface area (TPSA) is 37.4 Å². The number of anilines is 2. The first-order valence-electron chi connectivity index (χ1n) is 11.0. The third kappa shape index (κ3) is 4.69. The van der Waals surface area contributed by atoms with Crippen molar-refractivity contribution in [2.45, 2.75) is 71.1 Å². The van der Waals surface area contributed by atoms with Crippen LogP contribution in [0.1, 0.15) is 63.5 Å². The minimum atomic E-state index is -3.37. The number of hydrogen-bond donors (Lipinski definition) is 0. The summed E-state index contributed by atoms with van der Waals surface area (Å²) < 4.78 is 27.3. The third-order valence-corrected chi connectivity index (χ3v) is 8.37. The van der Waals surface area contributed by atoms with E-state index in [-0.39, 0.29) is 11.2 Å². The summed E-state index contributed by atoms with van der Waals surface area (Å²) in [5, 5.41) is 0. The Morgan fingerprint density at radius 3 is 2.10 bits per heavy atom. The second kappa shape index (κ2) is 8.91. The Labute approximate surface area is 177 Å². The van der Waals surface area contributed by atoms with E-state index in [4.69, 9.17) is 0 Å². The number of sulfone groups is 1. The molecule has 0 N–H and O–H groups in total. The minimum absolute atomic E-state index is 0.221. The Kier molecular flexibility index (Phi) is 6.72. The van der Waals surface area contributed by atoms with Crippen molar-refractivity contribution in [3.63, 3.8) is 0 Å². The molecule has 29 heavy (non-hydrogen) atoms. The van der Waals surface area contributed by atoms with Crippen molar-refractivity contribution in [3.8, 4) is 0 Å². The molecule has 0 atom stereocenters. The first-order valence-corrected chi connectivity index (χ1v) is 12.6. The quantitative estimate of drug-likeness (QED) is 0.513. The molecule has 2 aromatic rings. The van der Waals surface area contributed by atoms with Gasteiger partial charge in [0.2, 0.25) is 0 Å². The molecule has 1 aliphatic rings. The van der Waals surface area contributed by atoms with E-state index in [0.717, 1.165) is 67.6 Å². The lowest BCUT2D eigenvalue weighted by Gasteiger charge is -2.37. The Hall–Kier alpha value is -1.81. The Bertz CT molecular complexity index is 927. The van der Waals surface area contributed by atoms with Gasteiger partial charge in [-0.25, -0.2) is 8.42 Å². The molecule has 0 fully saturated rings. The monoisotopic (exact) mass is 413 g/mol. The molecule has 0 saturated carbocycles. The highest BCUT2D eigenvalue weighted by molar-refractivity contribution is 7.91. The van der Waals surface area contributed by atoms with Crippen LogP contribution in [-0.2, 0) is 9.84 Å². The van der Waals surface area contributed by atoms with E-state index < -0.39 is 9.84 Å². The first kappa shape index (κ1) is 21.9. The molecule has 0 radical (unpaired) electrons. The molecule has 0 saturated heterocycles. The van der Waals surface area contributed by atoms with E-state index in [2.05, 4.69) is 43.9 Å². The predicted octanol–water partition coefficient (Wildman–Crippen LogP) is 6.60. The number of para-hydroxylation sites is 1. The van der Waals surface area contributed by atoms with E-state index >= 15 is 0 Å². The van der Waals surface area contributed by atoms with Gasteiger partial charge in [-0.05, 0) is 62.1 Å². The van der Waals surface area contributed by atoms with Crippen LogP contribution in [0, 0.1) is 19.3 Å². The molecule has 0 bridgehead atoms. The lowest BCUT2D eigenvalue weighted by Crippen LogP contribution is -2.38. The summed E-state index contributed by atoms with van der Waals surface area (Å²) >= 11 is 0. The molecule has 4 heteroatoms. The van der Waals surface area contributed by atoms with Crippen LogP contribution < -0.4 is 4.90 Å². The maximum atomic E-state index is 13.6. The highest BCUT2D eigenvalue weighted by atomic mass is 32.2. The molecular weight excluding hydrogens is 378 g/mol. The molecule has 0 unspecified atom stereocenters. The van der Waals surface area contributed by atoms with Gasteiger partial charge < -0.3 is 4.90 Å². The van der Waals surface area contributed by atoms with Gasteiger partial charge in [0.15, 0.2) is 9.84 Å². The van der Waals surface area contributed by atoms with Gasteiger partial charge in [0.1, 0.15) is 0 Å². The number of rotatable bonds is 7. The summed E-state index contributed by atoms with van der Waals surface area (Å²) in [4.78, 5) is 2.77. The smallest absolute Gasteiger partial charge is 0.181 e. The van der Waals surface area contributed by atoms with E-state index in [9.17, 15) is 8.42 Å². The average molecular weight is 414 g/mol. The summed E-state index contributed by atoms with van der Waals surface area (Å²) in [6.45, 7) is 9.21. The number of nitrogens with zero attached hydrogens (tertiary/aromatic N) is 1. The van der Waals surface area contributed by atoms with Crippen LogP contribution in [0.3, 0.4) is 0 Å². The second-order valence-corrected chi connectivity index (χ2v) is 10.8. The normalized spacial score (nSPS) is 17.6. The number of fused-ring (bicyclic) bond motifs is 1. The molecule has 0 aromatic heterocycles. The summed E-state index contributed by atoms with van der Waals surface area (Å²) in [5.41, 5.74) is 3.87. The lowest BCUT2D eigenvalue weighted by atomic mass is 9.79. The molecule has 0 aliphatic carbocycles. The van der Waals surface area contributed by atoms with E-state index in [1.807, 2.05) is 31.2 Å². The zero-order chi connectivity index (χ0) is 21.1. The zero-order valence-corrected chi connectivity index (χ0v) is 19.2.